The minimum absolute atomic E-state index is 0.213. The molecule has 3 rings (SSSR count). The maximum atomic E-state index is 12.3. The van der Waals surface area contributed by atoms with Gasteiger partial charge in [0.25, 0.3) is 10.0 Å². The number of anilines is 1. The van der Waals surface area contributed by atoms with E-state index in [-0.39, 0.29) is 4.90 Å². The van der Waals surface area contributed by atoms with Gasteiger partial charge in [0.15, 0.2) is 5.13 Å². The molecule has 0 unspecified atom stereocenters. The monoisotopic (exact) mass is 338 g/mol. The number of halogens is 1. The quantitative estimate of drug-likeness (QED) is 0.783. The zero-order valence-electron chi connectivity index (χ0n) is 11.0. The van der Waals surface area contributed by atoms with Gasteiger partial charge >= 0.3 is 0 Å². The van der Waals surface area contributed by atoms with Crippen LogP contribution < -0.4 is 4.72 Å². The molecule has 0 atom stereocenters. The van der Waals surface area contributed by atoms with Crippen molar-refractivity contribution in [3.8, 4) is 0 Å². The first-order chi connectivity index (χ1) is 9.94. The zero-order chi connectivity index (χ0) is 15.0. The number of nitrogens with zero attached hydrogens (tertiary/aromatic N) is 1. The molecule has 0 spiro atoms. The van der Waals surface area contributed by atoms with E-state index in [2.05, 4.69) is 9.71 Å². The SMILES string of the molecule is Cc1ccc(S(=O)(=O)Nc2nc3ccc(Cl)cc3s2)cc1. The number of nitrogens with one attached hydrogen (secondary N) is 1. The van der Waals surface area contributed by atoms with Crippen molar-refractivity contribution in [2.45, 2.75) is 11.8 Å². The highest BCUT2D eigenvalue weighted by Crippen LogP contribution is 2.29. The van der Waals surface area contributed by atoms with Crippen LogP contribution >= 0.6 is 22.9 Å². The van der Waals surface area contributed by atoms with Gasteiger partial charge in [0.05, 0.1) is 15.1 Å². The topological polar surface area (TPSA) is 59.1 Å². The van der Waals surface area contributed by atoms with E-state index < -0.39 is 10.0 Å². The van der Waals surface area contributed by atoms with Crippen LogP contribution in [0.2, 0.25) is 5.02 Å². The number of rotatable bonds is 3. The summed E-state index contributed by atoms with van der Waals surface area (Å²) in [5.74, 6) is 0. The lowest BCUT2D eigenvalue weighted by molar-refractivity contribution is 0.601. The Kier molecular flexibility index (Phi) is 3.61. The van der Waals surface area contributed by atoms with Gasteiger partial charge in [-0.1, -0.05) is 40.6 Å². The number of hydrogen-bond acceptors (Lipinski definition) is 4. The third-order valence-electron chi connectivity index (χ3n) is 2.90. The first-order valence-corrected chi connectivity index (χ1v) is 8.77. The van der Waals surface area contributed by atoms with Crippen LogP contribution in [-0.2, 0) is 10.0 Å². The molecule has 0 saturated carbocycles. The minimum atomic E-state index is -3.62. The highest BCUT2D eigenvalue weighted by Gasteiger charge is 2.16. The van der Waals surface area contributed by atoms with E-state index in [9.17, 15) is 8.42 Å². The first-order valence-electron chi connectivity index (χ1n) is 6.10. The molecule has 0 fully saturated rings. The van der Waals surface area contributed by atoms with Crippen LogP contribution in [-0.4, -0.2) is 13.4 Å². The molecule has 0 bridgehead atoms. The molecule has 108 valence electrons. The van der Waals surface area contributed by atoms with Crippen LogP contribution in [0.4, 0.5) is 5.13 Å². The van der Waals surface area contributed by atoms with E-state index in [0.717, 1.165) is 10.3 Å². The molecule has 2 aromatic carbocycles. The maximum absolute atomic E-state index is 12.3. The van der Waals surface area contributed by atoms with E-state index in [0.29, 0.717) is 15.7 Å². The van der Waals surface area contributed by atoms with Crippen LogP contribution in [0.1, 0.15) is 5.56 Å². The smallest absolute Gasteiger partial charge is 0.255 e. The van der Waals surface area contributed by atoms with E-state index >= 15 is 0 Å². The Morgan fingerprint density at radius 1 is 1.14 bits per heavy atom. The average Bonchev–Trinajstić information content (AvgIpc) is 2.79. The molecular weight excluding hydrogens is 328 g/mol. The van der Waals surface area contributed by atoms with Crippen molar-refractivity contribution >= 4 is 48.3 Å². The van der Waals surface area contributed by atoms with Crippen LogP contribution in [0, 0.1) is 6.92 Å². The molecule has 1 N–H and O–H groups in total. The third kappa shape index (κ3) is 3.02. The summed E-state index contributed by atoms with van der Waals surface area (Å²) in [5.41, 5.74) is 1.72. The standard InChI is InChI=1S/C14H11ClN2O2S2/c1-9-2-5-11(6-3-9)21(18,19)17-14-16-12-7-4-10(15)8-13(12)20-14/h2-8H,1H3,(H,16,17). The Morgan fingerprint density at radius 3 is 2.57 bits per heavy atom. The minimum Gasteiger partial charge on any atom is -0.255 e. The van der Waals surface area contributed by atoms with Crippen LogP contribution in [0.5, 0.6) is 0 Å². The number of thiazole rings is 1. The fraction of sp³-hybridized carbons (Fsp3) is 0.0714. The molecule has 0 amide bonds. The van der Waals surface area contributed by atoms with Gasteiger partial charge in [-0.15, -0.1) is 0 Å². The van der Waals surface area contributed by atoms with Crippen molar-refractivity contribution in [1.29, 1.82) is 0 Å². The van der Waals surface area contributed by atoms with E-state index in [1.54, 1.807) is 42.5 Å². The Bertz CT molecular complexity index is 902. The Labute approximate surface area is 131 Å². The summed E-state index contributed by atoms with van der Waals surface area (Å²) in [6.45, 7) is 1.90. The highest BCUT2D eigenvalue weighted by molar-refractivity contribution is 7.93. The van der Waals surface area contributed by atoms with Crippen molar-refractivity contribution in [3.63, 3.8) is 0 Å². The summed E-state index contributed by atoms with van der Waals surface area (Å²) < 4.78 is 27.9. The number of benzene rings is 2. The molecule has 0 radical (unpaired) electrons. The van der Waals surface area contributed by atoms with Gasteiger partial charge in [0.1, 0.15) is 0 Å². The number of aromatic nitrogens is 1. The van der Waals surface area contributed by atoms with Gasteiger partial charge in [-0.25, -0.2) is 13.4 Å². The van der Waals surface area contributed by atoms with E-state index in [1.165, 1.54) is 11.3 Å². The van der Waals surface area contributed by atoms with Gasteiger partial charge in [-0.05, 0) is 37.3 Å². The molecule has 0 aliphatic heterocycles. The number of hydrogen-bond donors (Lipinski definition) is 1. The molecule has 7 heteroatoms. The van der Waals surface area contributed by atoms with Gasteiger partial charge in [0, 0.05) is 5.02 Å². The third-order valence-corrected chi connectivity index (χ3v) is 5.56. The van der Waals surface area contributed by atoms with Gasteiger partial charge in [-0.2, -0.15) is 0 Å². The van der Waals surface area contributed by atoms with Crippen molar-refractivity contribution in [2.24, 2.45) is 0 Å². The van der Waals surface area contributed by atoms with Crippen molar-refractivity contribution in [1.82, 2.24) is 4.98 Å². The van der Waals surface area contributed by atoms with Gasteiger partial charge < -0.3 is 0 Å². The highest BCUT2D eigenvalue weighted by atomic mass is 35.5. The first kappa shape index (κ1) is 14.3. The largest absolute Gasteiger partial charge is 0.263 e. The van der Waals surface area contributed by atoms with Crippen molar-refractivity contribution in [3.05, 3.63) is 53.1 Å². The second kappa shape index (κ2) is 5.29. The molecule has 21 heavy (non-hydrogen) atoms. The van der Waals surface area contributed by atoms with Crippen molar-refractivity contribution in [2.75, 3.05) is 4.72 Å². The Hall–Kier alpha value is -1.63. The molecule has 1 aromatic heterocycles. The molecule has 1 heterocycles. The summed E-state index contributed by atoms with van der Waals surface area (Å²) >= 11 is 7.16. The van der Waals surface area contributed by atoms with Crippen LogP contribution in [0.25, 0.3) is 10.2 Å². The summed E-state index contributed by atoms with van der Waals surface area (Å²) in [7, 11) is -3.62. The second-order valence-corrected chi connectivity index (χ2v) is 7.70. The second-order valence-electron chi connectivity index (χ2n) is 4.55. The Balaban J connectivity index is 1.95. The van der Waals surface area contributed by atoms with Gasteiger partial charge in [0.2, 0.25) is 0 Å². The predicted octanol–water partition coefficient (Wildman–Crippen LogP) is 4.06. The molecule has 0 saturated heterocycles. The number of aryl methyl sites for hydroxylation is 1. The molecule has 4 nitrogen and oxygen atoms in total. The summed E-state index contributed by atoms with van der Waals surface area (Å²) in [4.78, 5) is 4.46. The summed E-state index contributed by atoms with van der Waals surface area (Å²) in [6, 6.07) is 11.9. The average molecular weight is 339 g/mol. The predicted molar refractivity (Wildman–Crippen MR) is 86.6 cm³/mol. The summed E-state index contributed by atoms with van der Waals surface area (Å²) in [5, 5.41) is 0.923. The molecule has 3 aromatic rings. The number of fused-ring (bicyclic) bond motifs is 1. The van der Waals surface area contributed by atoms with Gasteiger partial charge in [-0.3, -0.25) is 4.72 Å². The molecule has 0 aliphatic carbocycles. The lowest BCUT2D eigenvalue weighted by Crippen LogP contribution is -2.12. The Morgan fingerprint density at radius 2 is 1.86 bits per heavy atom. The van der Waals surface area contributed by atoms with E-state index in [1.807, 2.05) is 6.92 Å². The molecular formula is C14H11ClN2O2S2. The van der Waals surface area contributed by atoms with Crippen LogP contribution in [0.3, 0.4) is 0 Å². The lowest BCUT2D eigenvalue weighted by atomic mass is 10.2. The fourth-order valence-corrected chi connectivity index (χ4v) is 4.21. The fourth-order valence-electron chi connectivity index (χ4n) is 1.83. The number of sulfonamides is 1. The maximum Gasteiger partial charge on any atom is 0.263 e. The summed E-state index contributed by atoms with van der Waals surface area (Å²) in [6.07, 6.45) is 0. The van der Waals surface area contributed by atoms with Crippen molar-refractivity contribution < 1.29 is 8.42 Å². The lowest BCUT2D eigenvalue weighted by Gasteiger charge is -2.04. The molecule has 0 aliphatic rings. The van der Waals surface area contributed by atoms with Crippen LogP contribution in [0.15, 0.2) is 47.4 Å². The normalized spacial score (nSPS) is 11.7. The zero-order valence-corrected chi connectivity index (χ0v) is 13.4. The van der Waals surface area contributed by atoms with E-state index in [4.69, 9.17) is 11.6 Å².